The molecule has 124 valence electrons. The van der Waals surface area contributed by atoms with Crippen LogP contribution in [0.25, 0.3) is 0 Å². The molecule has 0 saturated carbocycles. The molecule has 2 nitrogen and oxygen atoms in total. The number of carbonyl (C=O) groups excluding carboxylic acids is 2. The van der Waals surface area contributed by atoms with E-state index in [-0.39, 0.29) is 17.5 Å². The molecule has 0 aliphatic rings. The van der Waals surface area contributed by atoms with Crippen molar-refractivity contribution in [1.29, 1.82) is 0 Å². The number of ketones is 2. The van der Waals surface area contributed by atoms with Gasteiger partial charge in [-0.3, -0.25) is 9.59 Å². The minimum Gasteiger partial charge on any atom is -0.298 e. The molecule has 0 fully saturated rings. The number of allylic oxidation sites excluding steroid dienone is 1. The largest absolute Gasteiger partial charge is 0.298 e. The second kappa shape index (κ2) is 7.39. The third kappa shape index (κ3) is 3.88. The minimum atomic E-state index is -0.771. The van der Waals surface area contributed by atoms with Gasteiger partial charge in [0.05, 0.1) is 5.92 Å². The van der Waals surface area contributed by atoms with Crippen molar-refractivity contribution in [1.82, 2.24) is 0 Å². The zero-order valence-corrected chi connectivity index (χ0v) is 14.5. The van der Waals surface area contributed by atoms with Gasteiger partial charge in [-0.05, 0) is 5.56 Å². The Morgan fingerprint density at radius 1 is 0.917 bits per heavy atom. The van der Waals surface area contributed by atoms with Gasteiger partial charge >= 0.3 is 0 Å². The lowest BCUT2D eigenvalue weighted by molar-refractivity contribution is -0.129. The average Bonchev–Trinajstić information content (AvgIpc) is 2.59. The lowest BCUT2D eigenvalue weighted by Crippen LogP contribution is -2.37. The summed E-state index contributed by atoms with van der Waals surface area (Å²) in [5.74, 6) is -1.33. The highest BCUT2D eigenvalue weighted by molar-refractivity contribution is 6.12. The van der Waals surface area contributed by atoms with E-state index in [1.807, 2.05) is 69.3 Å². The number of carbonyl (C=O) groups is 2. The molecule has 0 spiro atoms. The zero-order chi connectivity index (χ0) is 17.7. The summed E-state index contributed by atoms with van der Waals surface area (Å²) in [7, 11) is 0. The van der Waals surface area contributed by atoms with E-state index in [1.165, 1.54) is 0 Å². The van der Waals surface area contributed by atoms with Crippen molar-refractivity contribution < 1.29 is 9.59 Å². The van der Waals surface area contributed by atoms with Gasteiger partial charge in [-0.25, -0.2) is 0 Å². The Kier molecular flexibility index (Phi) is 5.50. The van der Waals surface area contributed by atoms with Crippen LogP contribution < -0.4 is 0 Å². The SMILES string of the molecule is C=C[C@H](c1ccccc1)[C@H](C(=O)c1ccccc1)C(=O)C(C)(C)C. The van der Waals surface area contributed by atoms with Crippen LogP contribution in [0.1, 0.15) is 42.6 Å². The lowest BCUT2D eigenvalue weighted by atomic mass is 9.72. The van der Waals surface area contributed by atoms with Crippen molar-refractivity contribution in [3.05, 3.63) is 84.4 Å². The first-order chi connectivity index (χ1) is 11.4. The van der Waals surface area contributed by atoms with Crippen molar-refractivity contribution in [3.63, 3.8) is 0 Å². The van der Waals surface area contributed by atoms with E-state index in [2.05, 4.69) is 6.58 Å². The fourth-order valence-electron chi connectivity index (χ4n) is 2.83. The predicted molar refractivity (Wildman–Crippen MR) is 98.1 cm³/mol. The Hall–Kier alpha value is -2.48. The van der Waals surface area contributed by atoms with Crippen LogP contribution in [0.4, 0.5) is 0 Å². The van der Waals surface area contributed by atoms with Crippen LogP contribution in [-0.4, -0.2) is 11.6 Å². The van der Waals surface area contributed by atoms with E-state index in [4.69, 9.17) is 0 Å². The first-order valence-electron chi connectivity index (χ1n) is 8.17. The number of hydrogen-bond donors (Lipinski definition) is 0. The molecule has 0 radical (unpaired) electrons. The maximum atomic E-state index is 13.1. The predicted octanol–water partition coefficient (Wildman–Crippen LogP) is 5.07. The summed E-state index contributed by atoms with van der Waals surface area (Å²) in [4.78, 5) is 26.2. The highest BCUT2D eigenvalue weighted by Crippen LogP contribution is 2.34. The maximum Gasteiger partial charge on any atom is 0.174 e. The molecule has 2 atom stereocenters. The molecule has 0 bridgehead atoms. The van der Waals surface area contributed by atoms with Gasteiger partial charge in [0.25, 0.3) is 0 Å². The van der Waals surface area contributed by atoms with Gasteiger partial charge in [0.1, 0.15) is 5.78 Å². The van der Waals surface area contributed by atoms with Crippen molar-refractivity contribution in [2.75, 3.05) is 0 Å². The molecule has 0 aliphatic carbocycles. The molecule has 0 amide bonds. The van der Waals surface area contributed by atoms with Gasteiger partial charge < -0.3 is 0 Å². The monoisotopic (exact) mass is 320 g/mol. The second-order valence-corrected chi connectivity index (χ2v) is 6.99. The molecular formula is C22H24O2. The zero-order valence-electron chi connectivity index (χ0n) is 14.5. The van der Waals surface area contributed by atoms with Gasteiger partial charge in [0.2, 0.25) is 0 Å². The average molecular weight is 320 g/mol. The van der Waals surface area contributed by atoms with E-state index >= 15 is 0 Å². The standard InChI is InChI=1S/C22H24O2/c1-5-18(16-12-8-6-9-13-16)19(21(24)22(2,3)4)20(23)17-14-10-7-11-15-17/h5-15,18-19H,1H2,2-4H3/t18-,19-/m1/s1. The molecular weight excluding hydrogens is 296 g/mol. The highest BCUT2D eigenvalue weighted by atomic mass is 16.2. The van der Waals surface area contributed by atoms with Crippen molar-refractivity contribution in [2.24, 2.45) is 11.3 Å². The summed E-state index contributed by atoms with van der Waals surface area (Å²) in [6.07, 6.45) is 1.71. The molecule has 2 aromatic rings. The molecule has 0 aromatic heterocycles. The summed E-state index contributed by atoms with van der Waals surface area (Å²) in [6.45, 7) is 9.45. The van der Waals surface area contributed by atoms with E-state index in [0.717, 1.165) is 5.56 Å². The van der Waals surface area contributed by atoms with Crippen LogP contribution in [0.5, 0.6) is 0 Å². The molecule has 2 aromatic carbocycles. The molecule has 0 saturated heterocycles. The summed E-state index contributed by atoms with van der Waals surface area (Å²) in [5.41, 5.74) is 0.882. The number of rotatable bonds is 6. The molecule has 2 rings (SSSR count). The van der Waals surface area contributed by atoms with Crippen molar-refractivity contribution in [2.45, 2.75) is 26.7 Å². The quantitative estimate of drug-likeness (QED) is 0.423. The number of Topliss-reactive ketones (excluding diaryl/α,β-unsaturated/α-hetero) is 2. The maximum absolute atomic E-state index is 13.1. The first kappa shape index (κ1) is 17.9. The molecule has 24 heavy (non-hydrogen) atoms. The summed E-state index contributed by atoms with van der Waals surface area (Å²) >= 11 is 0. The molecule has 0 heterocycles. The Labute approximate surface area is 144 Å². The Balaban J connectivity index is 2.52. The third-order valence-electron chi connectivity index (χ3n) is 4.16. The van der Waals surface area contributed by atoms with Crippen LogP contribution >= 0.6 is 0 Å². The fourth-order valence-corrected chi connectivity index (χ4v) is 2.83. The molecule has 0 aliphatic heterocycles. The lowest BCUT2D eigenvalue weighted by Gasteiger charge is -2.29. The molecule has 0 unspecified atom stereocenters. The van der Waals surface area contributed by atoms with E-state index in [0.29, 0.717) is 5.56 Å². The number of benzene rings is 2. The van der Waals surface area contributed by atoms with Gasteiger partial charge in [-0.1, -0.05) is 87.5 Å². The van der Waals surface area contributed by atoms with Crippen LogP contribution in [0.3, 0.4) is 0 Å². The van der Waals surface area contributed by atoms with Gasteiger partial charge in [0.15, 0.2) is 5.78 Å². The molecule has 2 heteroatoms. The molecule has 0 N–H and O–H groups in total. The highest BCUT2D eigenvalue weighted by Gasteiger charge is 2.39. The van der Waals surface area contributed by atoms with E-state index in [9.17, 15) is 9.59 Å². The fraction of sp³-hybridized carbons (Fsp3) is 0.273. The number of hydrogen-bond acceptors (Lipinski definition) is 2. The minimum absolute atomic E-state index is 0.0647. The Bertz CT molecular complexity index is 709. The van der Waals surface area contributed by atoms with Gasteiger partial charge in [-0.2, -0.15) is 0 Å². The van der Waals surface area contributed by atoms with Crippen LogP contribution in [0.15, 0.2) is 73.3 Å². The Morgan fingerprint density at radius 3 is 1.88 bits per heavy atom. The summed E-state index contributed by atoms with van der Waals surface area (Å²) in [6, 6.07) is 18.6. The van der Waals surface area contributed by atoms with Gasteiger partial charge in [-0.15, -0.1) is 6.58 Å². The summed E-state index contributed by atoms with van der Waals surface area (Å²) in [5, 5.41) is 0. The first-order valence-corrected chi connectivity index (χ1v) is 8.17. The van der Waals surface area contributed by atoms with Gasteiger partial charge in [0, 0.05) is 16.9 Å². The second-order valence-electron chi connectivity index (χ2n) is 6.99. The smallest absolute Gasteiger partial charge is 0.174 e. The third-order valence-corrected chi connectivity index (χ3v) is 4.16. The van der Waals surface area contributed by atoms with Crippen molar-refractivity contribution >= 4 is 11.6 Å². The van der Waals surface area contributed by atoms with Crippen LogP contribution in [0.2, 0.25) is 0 Å². The van der Waals surface area contributed by atoms with E-state index < -0.39 is 11.3 Å². The van der Waals surface area contributed by atoms with Crippen LogP contribution in [-0.2, 0) is 4.79 Å². The Morgan fingerprint density at radius 2 is 1.42 bits per heavy atom. The topological polar surface area (TPSA) is 34.1 Å². The summed E-state index contributed by atoms with van der Waals surface area (Å²) < 4.78 is 0. The van der Waals surface area contributed by atoms with Crippen molar-refractivity contribution in [3.8, 4) is 0 Å². The van der Waals surface area contributed by atoms with E-state index in [1.54, 1.807) is 18.2 Å². The van der Waals surface area contributed by atoms with Crippen LogP contribution in [0, 0.1) is 11.3 Å². The normalized spacial score (nSPS) is 13.8.